The molecule has 0 aromatic rings. The fourth-order valence-corrected chi connectivity index (χ4v) is 0.368. The molecule has 7 nitrogen and oxygen atoms in total. The van der Waals surface area contributed by atoms with E-state index in [1.54, 1.807) is 0 Å². The molecule has 1 rings (SSSR count). The van der Waals surface area contributed by atoms with E-state index in [1.807, 2.05) is 0 Å². The van der Waals surface area contributed by atoms with Crippen LogP contribution in [-0.2, 0) is 4.74 Å². The minimum atomic E-state index is -0.578. The van der Waals surface area contributed by atoms with Crippen molar-refractivity contribution in [3.8, 4) is 0 Å². The third-order valence-corrected chi connectivity index (χ3v) is 0.777. The molecule has 1 aliphatic rings. The number of hydrogen-bond donors (Lipinski definition) is 0. The molecule has 0 N–H and O–H groups in total. The lowest BCUT2D eigenvalue weighted by Gasteiger charge is -1.65. The summed E-state index contributed by atoms with van der Waals surface area (Å²) in [5.41, 5.74) is 15.6. The number of nitrogens with zero attached hydrogens (tertiary/aromatic N) is 6. The quantitative estimate of drug-likeness (QED) is 0.236. The summed E-state index contributed by atoms with van der Waals surface area (Å²) in [6.45, 7) is 0. The zero-order valence-electron chi connectivity index (χ0n) is 4.25. The van der Waals surface area contributed by atoms with Crippen molar-refractivity contribution in [3.63, 3.8) is 0 Å². The zero-order chi connectivity index (χ0) is 6.69. The van der Waals surface area contributed by atoms with Gasteiger partial charge in [0.25, 0.3) is 0 Å². The Balaban J connectivity index is 2.41. The largest absolute Gasteiger partial charge is 0.357 e. The van der Waals surface area contributed by atoms with Crippen molar-refractivity contribution in [3.05, 3.63) is 20.9 Å². The Labute approximate surface area is 49.5 Å². The van der Waals surface area contributed by atoms with Gasteiger partial charge in [0.05, 0.1) is 0 Å². The maximum atomic E-state index is 7.81. The Kier molecular flexibility index (Phi) is 1.42. The summed E-state index contributed by atoms with van der Waals surface area (Å²) in [4.78, 5) is 4.89. The van der Waals surface area contributed by atoms with Crippen LogP contribution in [0.3, 0.4) is 0 Å². The Morgan fingerprint density at radius 1 is 1.11 bits per heavy atom. The van der Waals surface area contributed by atoms with Crippen molar-refractivity contribution < 1.29 is 4.74 Å². The first-order valence-electron chi connectivity index (χ1n) is 2.12. The first-order valence-corrected chi connectivity index (χ1v) is 2.12. The van der Waals surface area contributed by atoms with E-state index in [-0.39, 0.29) is 0 Å². The van der Waals surface area contributed by atoms with Gasteiger partial charge in [-0.15, -0.1) is 0 Å². The molecule has 0 radical (unpaired) electrons. The molecule has 1 fully saturated rings. The van der Waals surface area contributed by atoms with Crippen molar-refractivity contribution in [2.24, 2.45) is 10.2 Å². The summed E-state index contributed by atoms with van der Waals surface area (Å²) in [7, 11) is 0. The van der Waals surface area contributed by atoms with Gasteiger partial charge in [-0.3, -0.25) is 0 Å². The summed E-state index contributed by atoms with van der Waals surface area (Å²) in [5.74, 6) is 0. The highest BCUT2D eigenvalue weighted by atomic mass is 16.6. The Hall–Kier alpha value is -1.42. The van der Waals surface area contributed by atoms with Gasteiger partial charge in [0.15, 0.2) is 12.5 Å². The minimum Gasteiger partial charge on any atom is -0.357 e. The Morgan fingerprint density at radius 2 is 1.56 bits per heavy atom. The molecule has 7 heteroatoms. The molecular formula is C2H2N6O. The van der Waals surface area contributed by atoms with Crippen LogP contribution in [0.4, 0.5) is 0 Å². The average molecular weight is 126 g/mol. The summed E-state index contributed by atoms with van der Waals surface area (Å²) in [6, 6.07) is 0. The molecule has 2 unspecified atom stereocenters. The average Bonchev–Trinajstić information content (AvgIpc) is 2.50. The van der Waals surface area contributed by atoms with Gasteiger partial charge in [-0.25, -0.2) is 0 Å². The molecule has 46 valence electrons. The summed E-state index contributed by atoms with van der Waals surface area (Å²) in [5, 5.41) is 6.26. The van der Waals surface area contributed by atoms with Gasteiger partial charge in [-0.05, 0) is 11.1 Å². The fraction of sp³-hybridized carbons (Fsp3) is 1.00. The molecule has 0 bridgehead atoms. The van der Waals surface area contributed by atoms with E-state index in [4.69, 9.17) is 11.1 Å². The topological polar surface area (TPSA) is 110 Å². The number of hydrogen-bond acceptors (Lipinski definition) is 3. The molecule has 2 atom stereocenters. The lowest BCUT2D eigenvalue weighted by molar-refractivity contribution is 0.376. The molecule has 9 heavy (non-hydrogen) atoms. The standard InChI is InChI=1S/C2H2N6O/c3-7-5-1-2(9-1)6-8-4/h1-2H. The Bertz CT molecular complexity index is 177. The molecule has 0 saturated carbocycles. The molecule has 0 aromatic carbocycles. The predicted octanol–water partition coefficient (Wildman–Crippen LogP) is 1.29. The van der Waals surface area contributed by atoms with Crippen molar-refractivity contribution in [2.45, 2.75) is 12.5 Å². The highest BCUT2D eigenvalue weighted by molar-refractivity contribution is 4.80. The third-order valence-electron chi connectivity index (χ3n) is 0.777. The van der Waals surface area contributed by atoms with Gasteiger partial charge in [-0.1, -0.05) is 10.2 Å². The van der Waals surface area contributed by atoms with E-state index < -0.39 is 12.5 Å². The number of rotatable bonds is 2. The van der Waals surface area contributed by atoms with Gasteiger partial charge in [-0.2, -0.15) is 0 Å². The zero-order valence-corrected chi connectivity index (χ0v) is 4.25. The van der Waals surface area contributed by atoms with Crippen molar-refractivity contribution >= 4 is 0 Å². The van der Waals surface area contributed by atoms with Crippen LogP contribution in [0.2, 0.25) is 0 Å². The molecular weight excluding hydrogens is 124 g/mol. The van der Waals surface area contributed by atoms with Crippen LogP contribution in [-0.4, -0.2) is 12.5 Å². The van der Waals surface area contributed by atoms with Gasteiger partial charge in [0.1, 0.15) is 0 Å². The SMILES string of the molecule is [N-]=[N+]=NC1OC1N=[N+]=[N-]. The van der Waals surface area contributed by atoms with E-state index in [2.05, 4.69) is 24.8 Å². The van der Waals surface area contributed by atoms with Gasteiger partial charge >= 0.3 is 0 Å². The molecule has 0 aromatic heterocycles. The Morgan fingerprint density at radius 3 is 1.89 bits per heavy atom. The van der Waals surface area contributed by atoms with Gasteiger partial charge in [0, 0.05) is 9.82 Å². The summed E-state index contributed by atoms with van der Waals surface area (Å²) in [6.07, 6.45) is -1.16. The van der Waals surface area contributed by atoms with Crippen molar-refractivity contribution in [1.82, 2.24) is 0 Å². The van der Waals surface area contributed by atoms with Crippen molar-refractivity contribution in [2.75, 3.05) is 0 Å². The molecule has 0 spiro atoms. The maximum Gasteiger partial charge on any atom is 0.169 e. The van der Waals surface area contributed by atoms with E-state index in [0.717, 1.165) is 0 Å². The molecule has 0 amide bonds. The van der Waals surface area contributed by atoms with Gasteiger partial charge in [0.2, 0.25) is 0 Å². The van der Waals surface area contributed by atoms with E-state index in [1.165, 1.54) is 0 Å². The number of ether oxygens (including phenoxy) is 1. The van der Waals surface area contributed by atoms with Crippen LogP contribution in [0.25, 0.3) is 20.9 Å². The molecule has 1 saturated heterocycles. The smallest absolute Gasteiger partial charge is 0.169 e. The third kappa shape index (κ3) is 1.23. The van der Waals surface area contributed by atoms with Crippen molar-refractivity contribution in [1.29, 1.82) is 0 Å². The van der Waals surface area contributed by atoms with Crippen LogP contribution in [0.15, 0.2) is 10.2 Å². The van der Waals surface area contributed by atoms with Gasteiger partial charge < -0.3 is 4.74 Å². The first kappa shape index (κ1) is 5.71. The molecule has 0 aliphatic carbocycles. The second-order valence-electron chi connectivity index (χ2n) is 1.33. The van der Waals surface area contributed by atoms with E-state index in [9.17, 15) is 0 Å². The summed E-state index contributed by atoms with van der Waals surface area (Å²) >= 11 is 0. The maximum absolute atomic E-state index is 7.81. The monoisotopic (exact) mass is 126 g/mol. The normalized spacial score (nSPS) is 29.8. The minimum absolute atomic E-state index is 0.578. The predicted molar refractivity (Wildman–Crippen MR) is 27.0 cm³/mol. The highest BCUT2D eigenvalue weighted by Crippen LogP contribution is 2.24. The lowest BCUT2D eigenvalue weighted by atomic mass is 10.7. The second kappa shape index (κ2) is 2.23. The highest BCUT2D eigenvalue weighted by Gasteiger charge is 2.36. The van der Waals surface area contributed by atoms with E-state index >= 15 is 0 Å². The van der Waals surface area contributed by atoms with Crippen LogP contribution in [0.5, 0.6) is 0 Å². The van der Waals surface area contributed by atoms with Crippen LogP contribution in [0, 0.1) is 0 Å². The van der Waals surface area contributed by atoms with E-state index in [0.29, 0.717) is 0 Å². The lowest BCUT2D eigenvalue weighted by Crippen LogP contribution is -1.79. The van der Waals surface area contributed by atoms with Crippen LogP contribution in [0.1, 0.15) is 0 Å². The number of azide groups is 2. The fourth-order valence-electron chi connectivity index (χ4n) is 0.368. The molecule has 1 aliphatic heterocycles. The second-order valence-corrected chi connectivity index (χ2v) is 1.33. The molecule has 1 heterocycles. The first-order chi connectivity index (χ1) is 4.38. The van der Waals surface area contributed by atoms with Crippen LogP contribution < -0.4 is 0 Å². The summed E-state index contributed by atoms with van der Waals surface area (Å²) < 4.78 is 4.56. The number of epoxide rings is 1. The van der Waals surface area contributed by atoms with Crippen LogP contribution >= 0.6 is 0 Å².